The molecule has 1 fully saturated rings. The monoisotopic (exact) mass is 798 g/mol. The number of anilines is 2. The van der Waals surface area contributed by atoms with Crippen LogP contribution in [0.1, 0.15) is 51.4 Å². The second-order valence-corrected chi connectivity index (χ2v) is 15.2. The number of hydrogen-bond acceptors (Lipinski definition) is 10. The summed E-state index contributed by atoms with van der Waals surface area (Å²) in [7, 11) is -1.52. The number of carbonyl (C=O) groups is 1. The van der Waals surface area contributed by atoms with Gasteiger partial charge in [0.2, 0.25) is 0 Å². The Morgan fingerprint density at radius 1 is 0.982 bits per heavy atom. The molecule has 4 aromatic carbocycles. The first-order valence-corrected chi connectivity index (χ1v) is 19.2. The number of nitro benzene ring substituents is 1. The van der Waals surface area contributed by atoms with E-state index in [2.05, 4.69) is 10.3 Å². The summed E-state index contributed by atoms with van der Waals surface area (Å²) in [5, 5.41) is 23.5. The van der Waals surface area contributed by atoms with E-state index < -0.39 is 30.9 Å². The van der Waals surface area contributed by atoms with Crippen LogP contribution in [0.4, 0.5) is 21.5 Å². The summed E-state index contributed by atoms with van der Waals surface area (Å²) >= 11 is 6.99. The van der Waals surface area contributed by atoms with Gasteiger partial charge in [0.15, 0.2) is 5.03 Å². The van der Waals surface area contributed by atoms with Crippen molar-refractivity contribution in [1.29, 1.82) is 5.26 Å². The molecule has 0 radical (unpaired) electrons. The Kier molecular flexibility index (Phi) is 12.1. The molecule has 0 aliphatic carbocycles. The van der Waals surface area contributed by atoms with Gasteiger partial charge >= 0.3 is 0 Å². The van der Waals surface area contributed by atoms with Crippen molar-refractivity contribution in [3.8, 4) is 17.6 Å². The molecule has 0 spiro atoms. The van der Waals surface area contributed by atoms with Crippen molar-refractivity contribution in [2.75, 3.05) is 32.6 Å². The minimum absolute atomic E-state index is 0.0213. The molecular formula is C40H36ClFN6O7S. The second kappa shape index (κ2) is 17.2. The van der Waals surface area contributed by atoms with Crippen molar-refractivity contribution in [2.24, 2.45) is 0 Å². The number of nitriles is 1. The maximum Gasteiger partial charge on any atom is 0.271 e. The van der Waals surface area contributed by atoms with Crippen LogP contribution in [0.15, 0.2) is 102 Å². The van der Waals surface area contributed by atoms with Gasteiger partial charge in [-0.2, -0.15) is 9.57 Å². The zero-order valence-electron chi connectivity index (χ0n) is 30.3. The lowest BCUT2D eigenvalue weighted by Crippen LogP contribution is -2.38. The molecule has 288 valence electrons. The second-order valence-electron chi connectivity index (χ2n) is 13.0. The molecule has 56 heavy (non-hydrogen) atoms. The van der Waals surface area contributed by atoms with Gasteiger partial charge in [-0.1, -0.05) is 48.0 Å². The van der Waals surface area contributed by atoms with Gasteiger partial charge in [-0.05, 0) is 77.9 Å². The highest BCUT2D eigenvalue weighted by atomic mass is 35.5. The summed E-state index contributed by atoms with van der Waals surface area (Å²) in [6, 6.07) is 25.4. The molecule has 0 unspecified atom stereocenters. The van der Waals surface area contributed by atoms with Crippen LogP contribution in [-0.4, -0.2) is 60.7 Å². The van der Waals surface area contributed by atoms with Gasteiger partial charge < -0.3 is 19.7 Å². The number of piperidine rings is 1. The summed E-state index contributed by atoms with van der Waals surface area (Å²) < 4.78 is 54.7. The largest absolute Gasteiger partial charge is 0.497 e. The predicted molar refractivity (Wildman–Crippen MR) is 207 cm³/mol. The van der Waals surface area contributed by atoms with Crippen LogP contribution in [0.2, 0.25) is 5.02 Å². The van der Waals surface area contributed by atoms with Crippen LogP contribution >= 0.6 is 11.6 Å². The zero-order chi connectivity index (χ0) is 40.0. The van der Waals surface area contributed by atoms with Crippen LogP contribution in [0.25, 0.3) is 0 Å². The number of halogens is 2. The molecule has 1 aliphatic rings. The van der Waals surface area contributed by atoms with E-state index in [1.807, 2.05) is 6.07 Å². The quantitative estimate of drug-likeness (QED) is 0.0916. The average molecular weight is 799 g/mol. The number of carbonyl (C=O) groups excluding carboxylic acids is 1. The number of nitro groups is 1. The average Bonchev–Trinajstić information content (AvgIpc) is 3.21. The standard InChI is InChI=1S/C40H36ClFN6O7S/c1-54-33-13-3-26(4-14-33)24-47(25-27-5-15-34(55-2)16-6-27)56(52,53)39-37(41)38(45-36-21-32(48(50)51)12-9-30(36)22-43)35(23-44-39)40(49)46-19-17-29(18-20-46)28-7-10-31(42)11-8-28/h3-16,21,23,29H,17-20,24-25H2,1-2H3,(H,44,45). The molecule has 0 saturated carbocycles. The lowest BCUT2D eigenvalue weighted by molar-refractivity contribution is -0.384. The summed E-state index contributed by atoms with van der Waals surface area (Å²) in [5.74, 6) is 0.370. The maximum atomic E-state index is 14.7. The minimum Gasteiger partial charge on any atom is -0.497 e. The molecule has 6 rings (SSSR count). The highest BCUT2D eigenvalue weighted by Crippen LogP contribution is 2.38. The number of nitrogens with one attached hydrogen (secondary N) is 1. The number of non-ortho nitro benzene ring substituents is 1. The topological polar surface area (TPSA) is 168 Å². The number of sulfonamides is 1. The number of hydrogen-bond donors (Lipinski definition) is 1. The third-order valence-electron chi connectivity index (χ3n) is 9.56. The molecule has 0 atom stereocenters. The molecule has 1 saturated heterocycles. The number of ether oxygens (including phenoxy) is 2. The zero-order valence-corrected chi connectivity index (χ0v) is 31.9. The van der Waals surface area contributed by atoms with Crippen LogP contribution in [0.5, 0.6) is 11.5 Å². The fraction of sp³-hybridized carbons (Fsp3) is 0.225. The first-order valence-electron chi connectivity index (χ1n) is 17.4. The fourth-order valence-corrected chi connectivity index (χ4v) is 8.34. The number of amides is 1. The Balaban J connectivity index is 1.41. The summed E-state index contributed by atoms with van der Waals surface area (Å²) in [6.07, 6.45) is 2.25. The Hall–Kier alpha value is -6.08. The number of benzene rings is 4. The van der Waals surface area contributed by atoms with E-state index in [0.29, 0.717) is 48.6 Å². The van der Waals surface area contributed by atoms with Crippen molar-refractivity contribution in [2.45, 2.75) is 36.9 Å². The third kappa shape index (κ3) is 8.73. The molecular weight excluding hydrogens is 763 g/mol. The van der Waals surface area contributed by atoms with Gasteiger partial charge in [0.25, 0.3) is 21.6 Å². The van der Waals surface area contributed by atoms with Crippen molar-refractivity contribution >= 4 is 44.6 Å². The highest BCUT2D eigenvalue weighted by Gasteiger charge is 2.34. The van der Waals surface area contributed by atoms with Gasteiger partial charge in [-0.25, -0.2) is 17.8 Å². The van der Waals surface area contributed by atoms with Crippen LogP contribution in [0.3, 0.4) is 0 Å². The van der Waals surface area contributed by atoms with E-state index in [1.54, 1.807) is 65.6 Å². The molecule has 1 aliphatic heterocycles. The first-order chi connectivity index (χ1) is 26.9. The third-order valence-corrected chi connectivity index (χ3v) is 11.8. The van der Waals surface area contributed by atoms with Crippen molar-refractivity contribution < 1.29 is 32.0 Å². The van der Waals surface area contributed by atoms with Crippen LogP contribution in [-0.2, 0) is 23.1 Å². The van der Waals surface area contributed by atoms with E-state index in [0.717, 1.165) is 23.9 Å². The molecule has 16 heteroatoms. The molecule has 1 N–H and O–H groups in total. The van der Waals surface area contributed by atoms with E-state index >= 15 is 0 Å². The van der Waals surface area contributed by atoms with Gasteiger partial charge in [0.05, 0.1) is 41.6 Å². The van der Waals surface area contributed by atoms with E-state index in [-0.39, 0.29) is 53.0 Å². The van der Waals surface area contributed by atoms with E-state index in [9.17, 15) is 33.0 Å². The molecule has 2 heterocycles. The normalized spacial score (nSPS) is 13.2. The smallest absolute Gasteiger partial charge is 0.271 e. The lowest BCUT2D eigenvalue weighted by atomic mass is 9.89. The Bertz CT molecular complexity index is 2340. The minimum atomic E-state index is -4.56. The molecule has 5 aromatic rings. The van der Waals surface area contributed by atoms with Crippen molar-refractivity contribution in [3.05, 3.63) is 146 Å². The first kappa shape index (κ1) is 39.6. The number of pyridine rings is 1. The summed E-state index contributed by atoms with van der Waals surface area (Å²) in [6.45, 7) is 0.421. The maximum absolute atomic E-state index is 14.7. The van der Waals surface area contributed by atoms with Crippen molar-refractivity contribution in [3.63, 3.8) is 0 Å². The Labute approximate surface area is 328 Å². The summed E-state index contributed by atoms with van der Waals surface area (Å²) in [4.78, 5) is 31.2. The van der Waals surface area contributed by atoms with Gasteiger partial charge in [-0.15, -0.1) is 0 Å². The highest BCUT2D eigenvalue weighted by molar-refractivity contribution is 7.89. The van der Waals surface area contributed by atoms with Gasteiger partial charge in [0.1, 0.15) is 28.4 Å². The Morgan fingerprint density at radius 2 is 1.55 bits per heavy atom. The van der Waals surface area contributed by atoms with E-state index in [4.69, 9.17) is 21.1 Å². The molecule has 13 nitrogen and oxygen atoms in total. The number of methoxy groups -OCH3 is 2. The fourth-order valence-electron chi connectivity index (χ4n) is 6.45. The van der Waals surface area contributed by atoms with Gasteiger partial charge in [0, 0.05) is 44.5 Å². The van der Waals surface area contributed by atoms with E-state index in [1.165, 1.54) is 36.7 Å². The van der Waals surface area contributed by atoms with Gasteiger partial charge in [-0.3, -0.25) is 14.9 Å². The SMILES string of the molecule is COc1ccc(CN(Cc2ccc(OC)cc2)S(=O)(=O)c2ncc(C(=O)N3CCC(c4ccc(F)cc4)CC3)c(Nc3cc([N+](=O)[O-])ccc3C#N)c2Cl)cc1. The Morgan fingerprint density at radius 3 is 2.07 bits per heavy atom. The molecule has 1 aromatic heterocycles. The molecule has 1 amide bonds. The lowest BCUT2D eigenvalue weighted by Gasteiger charge is -2.33. The summed E-state index contributed by atoms with van der Waals surface area (Å²) in [5.41, 5.74) is 1.45. The number of rotatable bonds is 13. The van der Waals surface area contributed by atoms with Crippen LogP contribution < -0.4 is 14.8 Å². The number of nitrogens with zero attached hydrogens (tertiary/aromatic N) is 5. The predicted octanol–water partition coefficient (Wildman–Crippen LogP) is 7.83. The number of likely N-dealkylation sites (tertiary alicyclic amines) is 1. The van der Waals surface area contributed by atoms with Crippen molar-refractivity contribution in [1.82, 2.24) is 14.2 Å². The number of aromatic nitrogens is 1. The molecule has 0 bridgehead atoms. The van der Waals surface area contributed by atoms with Crippen LogP contribution in [0, 0.1) is 27.3 Å².